The minimum atomic E-state index is -3.23. The van der Waals surface area contributed by atoms with E-state index in [4.69, 9.17) is 4.74 Å². The third kappa shape index (κ3) is 1.99. The van der Waals surface area contributed by atoms with Gasteiger partial charge in [0.25, 0.3) is 0 Å². The summed E-state index contributed by atoms with van der Waals surface area (Å²) in [5.74, 6) is 0.0753. The Balaban J connectivity index is 2.35. The molecule has 88 valence electrons. The maximum absolute atomic E-state index is 12.3. The molecule has 0 bridgehead atoms. The van der Waals surface area contributed by atoms with Crippen LogP contribution in [0.3, 0.4) is 0 Å². The van der Waals surface area contributed by atoms with Crippen molar-refractivity contribution in [2.24, 2.45) is 5.92 Å². The maximum atomic E-state index is 12.3. The van der Waals surface area contributed by atoms with E-state index < -0.39 is 15.1 Å². The fraction of sp³-hybridized carbons (Fsp3) is 0.500. The molecule has 1 saturated heterocycles. The lowest BCUT2D eigenvalue weighted by Gasteiger charge is -2.14. The molecule has 0 amide bonds. The van der Waals surface area contributed by atoms with Gasteiger partial charge in [-0.25, -0.2) is 8.42 Å². The van der Waals surface area contributed by atoms with Gasteiger partial charge < -0.3 is 4.74 Å². The summed E-state index contributed by atoms with van der Waals surface area (Å²) in [6.45, 7) is 4.72. The first-order valence-corrected chi connectivity index (χ1v) is 6.95. The van der Waals surface area contributed by atoms with Crippen LogP contribution in [0, 0.1) is 12.8 Å². The molecule has 0 spiro atoms. The molecule has 0 N–H and O–H groups in total. The SMILES string of the molecule is Cc1ccc(S(=O)(=O)[C@H]2COC[C@@H]2C)cc1. The molecular weight excluding hydrogens is 224 g/mol. The molecule has 0 aliphatic carbocycles. The number of hydrogen-bond donors (Lipinski definition) is 0. The van der Waals surface area contributed by atoms with Crippen LogP contribution < -0.4 is 0 Å². The first kappa shape index (κ1) is 11.6. The van der Waals surface area contributed by atoms with Gasteiger partial charge in [-0.1, -0.05) is 24.6 Å². The van der Waals surface area contributed by atoms with Gasteiger partial charge in [0.05, 0.1) is 23.4 Å². The Morgan fingerprint density at radius 1 is 1.19 bits per heavy atom. The molecule has 3 nitrogen and oxygen atoms in total. The van der Waals surface area contributed by atoms with Crippen molar-refractivity contribution in [2.75, 3.05) is 13.2 Å². The molecule has 4 heteroatoms. The molecule has 1 aliphatic heterocycles. The van der Waals surface area contributed by atoms with E-state index in [1.54, 1.807) is 12.1 Å². The lowest BCUT2D eigenvalue weighted by atomic mass is 10.2. The van der Waals surface area contributed by atoms with E-state index in [0.29, 0.717) is 18.1 Å². The van der Waals surface area contributed by atoms with E-state index in [9.17, 15) is 8.42 Å². The molecule has 1 heterocycles. The Kier molecular flexibility index (Phi) is 3.04. The highest BCUT2D eigenvalue weighted by Gasteiger charge is 2.36. The molecular formula is C12H16O3S. The summed E-state index contributed by atoms with van der Waals surface area (Å²) >= 11 is 0. The van der Waals surface area contributed by atoms with Crippen molar-refractivity contribution in [3.8, 4) is 0 Å². The summed E-state index contributed by atoms with van der Waals surface area (Å²) in [6, 6.07) is 7.01. The van der Waals surface area contributed by atoms with Crippen molar-refractivity contribution >= 4 is 9.84 Å². The Hall–Kier alpha value is -0.870. The number of hydrogen-bond acceptors (Lipinski definition) is 3. The maximum Gasteiger partial charge on any atom is 0.183 e. The molecule has 1 aliphatic rings. The van der Waals surface area contributed by atoms with Crippen molar-refractivity contribution in [3.05, 3.63) is 29.8 Å². The largest absolute Gasteiger partial charge is 0.380 e. The average Bonchev–Trinajstić information content (AvgIpc) is 2.66. The fourth-order valence-electron chi connectivity index (χ4n) is 1.94. The fourth-order valence-corrected chi connectivity index (χ4v) is 3.77. The summed E-state index contributed by atoms with van der Waals surface area (Å²) in [6.07, 6.45) is 0. The summed E-state index contributed by atoms with van der Waals surface area (Å²) < 4.78 is 29.8. The minimum Gasteiger partial charge on any atom is -0.380 e. The molecule has 2 rings (SSSR count). The molecule has 1 aromatic carbocycles. The highest BCUT2D eigenvalue weighted by atomic mass is 32.2. The van der Waals surface area contributed by atoms with Crippen molar-refractivity contribution < 1.29 is 13.2 Å². The summed E-state index contributed by atoms with van der Waals surface area (Å²) in [5.41, 5.74) is 1.06. The van der Waals surface area contributed by atoms with Crippen LogP contribution in [0.2, 0.25) is 0 Å². The number of rotatable bonds is 2. The van der Waals surface area contributed by atoms with Gasteiger partial charge >= 0.3 is 0 Å². The van der Waals surface area contributed by atoms with Gasteiger partial charge in [-0.3, -0.25) is 0 Å². The van der Waals surface area contributed by atoms with Crippen LogP contribution in [0.1, 0.15) is 12.5 Å². The van der Waals surface area contributed by atoms with Gasteiger partial charge in [0, 0.05) is 0 Å². The van der Waals surface area contributed by atoms with Crippen molar-refractivity contribution in [2.45, 2.75) is 24.0 Å². The second-order valence-corrected chi connectivity index (χ2v) is 6.58. The third-order valence-electron chi connectivity index (χ3n) is 3.05. The molecule has 2 atom stereocenters. The highest BCUT2D eigenvalue weighted by Crippen LogP contribution is 2.26. The number of benzene rings is 1. The molecule has 0 unspecified atom stereocenters. The van der Waals surface area contributed by atoms with E-state index in [0.717, 1.165) is 5.56 Å². The smallest absolute Gasteiger partial charge is 0.183 e. The summed E-state index contributed by atoms with van der Waals surface area (Å²) in [5, 5.41) is -0.393. The van der Waals surface area contributed by atoms with Gasteiger partial charge in [0.15, 0.2) is 9.84 Å². The van der Waals surface area contributed by atoms with Crippen LogP contribution in [0.5, 0.6) is 0 Å². The molecule has 0 radical (unpaired) electrons. The third-order valence-corrected chi connectivity index (χ3v) is 5.37. The molecule has 1 aromatic rings. The Morgan fingerprint density at radius 3 is 2.31 bits per heavy atom. The number of ether oxygens (including phenoxy) is 1. The average molecular weight is 240 g/mol. The highest BCUT2D eigenvalue weighted by molar-refractivity contribution is 7.92. The van der Waals surface area contributed by atoms with Crippen LogP contribution in [0.25, 0.3) is 0 Å². The van der Waals surface area contributed by atoms with Gasteiger partial charge in [-0.2, -0.15) is 0 Å². The zero-order chi connectivity index (χ0) is 11.8. The molecule has 16 heavy (non-hydrogen) atoms. The molecule has 0 aromatic heterocycles. The van der Waals surface area contributed by atoms with Crippen LogP contribution >= 0.6 is 0 Å². The van der Waals surface area contributed by atoms with Gasteiger partial charge in [-0.15, -0.1) is 0 Å². The van der Waals surface area contributed by atoms with Crippen molar-refractivity contribution in [1.82, 2.24) is 0 Å². The summed E-state index contributed by atoms with van der Waals surface area (Å²) in [4.78, 5) is 0.403. The van der Waals surface area contributed by atoms with Gasteiger partial charge in [0.1, 0.15) is 0 Å². The molecule has 1 fully saturated rings. The zero-order valence-corrected chi connectivity index (χ0v) is 10.3. The normalized spacial score (nSPS) is 25.9. The Bertz CT molecular complexity index is 462. The van der Waals surface area contributed by atoms with E-state index in [1.165, 1.54) is 0 Å². The van der Waals surface area contributed by atoms with Crippen molar-refractivity contribution in [1.29, 1.82) is 0 Å². The monoisotopic (exact) mass is 240 g/mol. The van der Waals surface area contributed by atoms with E-state index in [1.807, 2.05) is 26.0 Å². The minimum absolute atomic E-state index is 0.0753. The quantitative estimate of drug-likeness (QED) is 0.791. The Labute approximate surface area is 96.4 Å². The Morgan fingerprint density at radius 2 is 1.81 bits per heavy atom. The lowest BCUT2D eigenvalue weighted by molar-refractivity contribution is 0.188. The molecule has 0 saturated carbocycles. The van der Waals surface area contributed by atoms with Crippen LogP contribution in [-0.4, -0.2) is 26.9 Å². The predicted octanol–water partition coefficient (Wildman–Crippen LogP) is 1.80. The second kappa shape index (κ2) is 4.18. The summed E-state index contributed by atoms with van der Waals surface area (Å²) in [7, 11) is -3.23. The standard InChI is InChI=1S/C12H16O3S/c1-9-3-5-11(6-4-9)16(13,14)12-8-15-7-10(12)2/h3-6,10,12H,7-8H2,1-2H3/t10-,12-/m0/s1. The second-order valence-electron chi connectivity index (χ2n) is 4.41. The van der Waals surface area contributed by atoms with E-state index >= 15 is 0 Å². The van der Waals surface area contributed by atoms with Crippen LogP contribution in [-0.2, 0) is 14.6 Å². The van der Waals surface area contributed by atoms with Gasteiger partial charge in [-0.05, 0) is 25.0 Å². The van der Waals surface area contributed by atoms with Crippen LogP contribution in [0.4, 0.5) is 0 Å². The predicted molar refractivity (Wildman–Crippen MR) is 62.1 cm³/mol. The zero-order valence-electron chi connectivity index (χ0n) is 9.51. The number of aryl methyl sites for hydroxylation is 1. The van der Waals surface area contributed by atoms with Crippen molar-refractivity contribution in [3.63, 3.8) is 0 Å². The van der Waals surface area contributed by atoms with E-state index in [-0.39, 0.29) is 5.92 Å². The van der Waals surface area contributed by atoms with Crippen LogP contribution in [0.15, 0.2) is 29.2 Å². The van der Waals surface area contributed by atoms with Gasteiger partial charge in [0.2, 0.25) is 0 Å². The number of sulfone groups is 1. The first-order valence-electron chi connectivity index (χ1n) is 5.40. The lowest BCUT2D eigenvalue weighted by Crippen LogP contribution is -2.27. The first-order chi connectivity index (χ1) is 7.51. The topological polar surface area (TPSA) is 43.4 Å². The van der Waals surface area contributed by atoms with E-state index in [2.05, 4.69) is 0 Å².